The van der Waals surface area contributed by atoms with E-state index in [1.54, 1.807) is 20.8 Å². The minimum atomic E-state index is -3.23. The average Bonchev–Trinajstić information content (AvgIpc) is 2.27. The first kappa shape index (κ1) is 20.7. The number of alkyl carbamates (subject to hydrolysis) is 1. The lowest BCUT2D eigenvalue weighted by Crippen LogP contribution is -2.49. The minimum absolute atomic E-state index is 0.00199. The van der Waals surface area contributed by atoms with E-state index in [-0.39, 0.29) is 18.1 Å². The predicted molar refractivity (Wildman–Crippen MR) is 85.3 cm³/mol. The summed E-state index contributed by atoms with van der Waals surface area (Å²) in [6.45, 7) is 9.44. The molecule has 0 unspecified atom stereocenters. The molecule has 8 heteroatoms. The molecule has 7 nitrogen and oxygen atoms in total. The first-order valence-corrected chi connectivity index (χ1v) is 9.31. The molecule has 0 aliphatic carbocycles. The Hall–Kier alpha value is -1.31. The molecule has 0 aliphatic heterocycles. The minimum Gasteiger partial charge on any atom is -0.444 e. The molecule has 1 atom stereocenters. The van der Waals surface area contributed by atoms with Crippen LogP contribution in [0.1, 0.15) is 41.0 Å². The molecule has 0 radical (unpaired) electrons. The van der Waals surface area contributed by atoms with E-state index in [0.29, 0.717) is 6.54 Å². The highest BCUT2D eigenvalue weighted by Gasteiger charge is 2.25. The number of amides is 2. The Balaban J connectivity index is 4.77. The summed E-state index contributed by atoms with van der Waals surface area (Å²) in [5, 5.41) is 5.11. The maximum Gasteiger partial charge on any atom is 0.408 e. The number of ether oxygens (including phenoxy) is 1. The molecule has 0 bridgehead atoms. The fourth-order valence-corrected chi connectivity index (χ4v) is 2.14. The predicted octanol–water partition coefficient (Wildman–Crippen LogP) is 1.09. The second-order valence-corrected chi connectivity index (χ2v) is 9.02. The second-order valence-electron chi connectivity index (χ2n) is 6.76. The zero-order valence-electron chi connectivity index (χ0n) is 14.2. The van der Waals surface area contributed by atoms with Crippen LogP contribution in [0.3, 0.4) is 0 Å². The molecule has 0 aromatic carbocycles. The molecule has 0 heterocycles. The summed E-state index contributed by atoms with van der Waals surface area (Å²) in [6.07, 6.45) is 0.344. The van der Waals surface area contributed by atoms with Crippen LogP contribution >= 0.6 is 0 Å². The molecule has 0 aromatic heterocycles. The quantitative estimate of drug-likeness (QED) is 0.724. The number of carbonyl (C=O) groups excluding carboxylic acids is 2. The smallest absolute Gasteiger partial charge is 0.408 e. The third-order valence-corrected chi connectivity index (χ3v) is 3.45. The first-order chi connectivity index (χ1) is 9.80. The highest BCUT2D eigenvalue weighted by atomic mass is 32.2. The van der Waals surface area contributed by atoms with Gasteiger partial charge in [-0.05, 0) is 33.1 Å². The maximum absolute atomic E-state index is 12.1. The Morgan fingerprint density at radius 1 is 1.18 bits per heavy atom. The molecule has 2 N–H and O–H groups in total. The highest BCUT2D eigenvalue weighted by Crippen LogP contribution is 2.07. The molecule has 2 amide bonds. The van der Waals surface area contributed by atoms with Gasteiger partial charge < -0.3 is 15.4 Å². The number of hydrogen-bond donors (Lipinski definition) is 2. The molecule has 0 spiro atoms. The molecule has 0 fully saturated rings. The Kier molecular flexibility index (Phi) is 7.86. The van der Waals surface area contributed by atoms with Gasteiger partial charge in [-0.1, -0.05) is 13.8 Å². The number of rotatable bonds is 7. The molecular weight excluding hydrogens is 308 g/mol. The molecular formula is C14H28N2O5S. The standard InChI is InChI=1S/C14H28N2O5S/c1-10(2)9-15-12(17)11(7-8-22(6,19)20)16-13(18)21-14(3,4)5/h10-11H,7-9H2,1-6H3,(H,15,17)(H,16,18)/t11-/m0/s1. The zero-order chi connectivity index (χ0) is 17.6. The van der Waals surface area contributed by atoms with Gasteiger partial charge in [-0.3, -0.25) is 4.79 Å². The average molecular weight is 336 g/mol. The van der Waals surface area contributed by atoms with Crippen molar-refractivity contribution in [1.29, 1.82) is 0 Å². The molecule has 0 aliphatic rings. The van der Waals surface area contributed by atoms with Gasteiger partial charge in [-0.25, -0.2) is 13.2 Å². The van der Waals surface area contributed by atoms with Crippen LogP contribution in [-0.4, -0.2) is 50.6 Å². The van der Waals surface area contributed by atoms with E-state index in [1.165, 1.54) is 0 Å². The Labute approximate surface area is 133 Å². The van der Waals surface area contributed by atoms with E-state index in [4.69, 9.17) is 4.74 Å². The summed E-state index contributed by atoms with van der Waals surface area (Å²) in [6, 6.07) is -0.941. The third-order valence-electron chi connectivity index (χ3n) is 2.47. The van der Waals surface area contributed by atoms with Gasteiger partial charge in [0.05, 0.1) is 5.75 Å². The number of carbonyl (C=O) groups is 2. The van der Waals surface area contributed by atoms with Gasteiger partial charge in [-0.15, -0.1) is 0 Å². The number of hydrogen-bond acceptors (Lipinski definition) is 5. The van der Waals surface area contributed by atoms with Crippen LogP contribution in [0.5, 0.6) is 0 Å². The molecule has 22 heavy (non-hydrogen) atoms. The van der Waals surface area contributed by atoms with E-state index in [0.717, 1.165) is 6.26 Å². The van der Waals surface area contributed by atoms with Crippen molar-refractivity contribution in [1.82, 2.24) is 10.6 Å². The van der Waals surface area contributed by atoms with E-state index in [9.17, 15) is 18.0 Å². The van der Waals surface area contributed by atoms with Crippen LogP contribution in [0.4, 0.5) is 4.79 Å². The normalized spacial score (nSPS) is 13.6. The van der Waals surface area contributed by atoms with Gasteiger partial charge in [0.1, 0.15) is 21.5 Å². The van der Waals surface area contributed by atoms with Gasteiger partial charge in [0.2, 0.25) is 5.91 Å². The van der Waals surface area contributed by atoms with Crippen molar-refractivity contribution in [2.75, 3.05) is 18.6 Å². The van der Waals surface area contributed by atoms with Crippen LogP contribution in [-0.2, 0) is 19.4 Å². The van der Waals surface area contributed by atoms with E-state index < -0.39 is 33.5 Å². The zero-order valence-corrected chi connectivity index (χ0v) is 15.0. The Bertz CT molecular complexity index is 480. The van der Waals surface area contributed by atoms with Gasteiger partial charge in [0, 0.05) is 12.8 Å². The van der Waals surface area contributed by atoms with Gasteiger partial charge in [0.25, 0.3) is 0 Å². The van der Waals surface area contributed by atoms with Crippen LogP contribution < -0.4 is 10.6 Å². The van der Waals surface area contributed by atoms with Crippen molar-refractivity contribution in [3.63, 3.8) is 0 Å². The van der Waals surface area contributed by atoms with Crippen LogP contribution in [0.2, 0.25) is 0 Å². The number of sulfone groups is 1. The molecule has 130 valence electrons. The highest BCUT2D eigenvalue weighted by molar-refractivity contribution is 7.90. The lowest BCUT2D eigenvalue weighted by molar-refractivity contribution is -0.123. The molecule has 0 rings (SSSR count). The third kappa shape index (κ3) is 11.4. The molecule has 0 aromatic rings. The van der Waals surface area contributed by atoms with Crippen LogP contribution in [0.15, 0.2) is 0 Å². The number of nitrogens with one attached hydrogen (secondary N) is 2. The first-order valence-electron chi connectivity index (χ1n) is 7.25. The lowest BCUT2D eigenvalue weighted by atomic mass is 10.2. The van der Waals surface area contributed by atoms with Crippen molar-refractivity contribution < 1.29 is 22.7 Å². The SMILES string of the molecule is CC(C)CNC(=O)[C@H](CCS(C)(=O)=O)NC(=O)OC(C)(C)C. The van der Waals surface area contributed by atoms with Crippen LogP contribution in [0, 0.1) is 5.92 Å². The van der Waals surface area contributed by atoms with Gasteiger partial charge in [0.15, 0.2) is 0 Å². The van der Waals surface area contributed by atoms with E-state index in [2.05, 4.69) is 10.6 Å². The summed E-state index contributed by atoms with van der Waals surface area (Å²) >= 11 is 0. The summed E-state index contributed by atoms with van der Waals surface area (Å²) in [7, 11) is -3.23. The van der Waals surface area contributed by atoms with Gasteiger partial charge in [-0.2, -0.15) is 0 Å². The van der Waals surface area contributed by atoms with Crippen molar-refractivity contribution in [2.24, 2.45) is 5.92 Å². The summed E-state index contributed by atoms with van der Waals surface area (Å²) < 4.78 is 27.6. The Morgan fingerprint density at radius 3 is 2.14 bits per heavy atom. The van der Waals surface area contributed by atoms with Crippen LogP contribution in [0.25, 0.3) is 0 Å². The maximum atomic E-state index is 12.1. The summed E-state index contributed by atoms with van der Waals surface area (Å²) in [5.41, 5.74) is -0.695. The molecule has 0 saturated carbocycles. The lowest BCUT2D eigenvalue weighted by Gasteiger charge is -2.23. The fourth-order valence-electron chi connectivity index (χ4n) is 1.48. The van der Waals surface area contributed by atoms with Crippen molar-refractivity contribution in [2.45, 2.75) is 52.7 Å². The Morgan fingerprint density at radius 2 is 1.73 bits per heavy atom. The van der Waals surface area contributed by atoms with Gasteiger partial charge >= 0.3 is 6.09 Å². The topological polar surface area (TPSA) is 102 Å². The fraction of sp³-hybridized carbons (Fsp3) is 0.857. The van der Waals surface area contributed by atoms with E-state index in [1.807, 2.05) is 13.8 Å². The van der Waals surface area contributed by atoms with E-state index >= 15 is 0 Å². The van der Waals surface area contributed by atoms with Crippen molar-refractivity contribution in [3.8, 4) is 0 Å². The summed E-state index contributed by atoms with van der Waals surface area (Å²) in [5.74, 6) is -0.355. The van der Waals surface area contributed by atoms with Crippen molar-refractivity contribution >= 4 is 21.8 Å². The largest absolute Gasteiger partial charge is 0.444 e. The second kappa shape index (κ2) is 8.36. The monoisotopic (exact) mass is 336 g/mol. The molecule has 0 saturated heterocycles. The van der Waals surface area contributed by atoms with Crippen molar-refractivity contribution in [3.05, 3.63) is 0 Å². The summed E-state index contributed by atoms with van der Waals surface area (Å²) in [4.78, 5) is 23.9.